The lowest BCUT2D eigenvalue weighted by atomic mass is 10.1. The minimum absolute atomic E-state index is 0.233. The molecule has 0 radical (unpaired) electrons. The van der Waals surface area contributed by atoms with Crippen molar-refractivity contribution in [3.63, 3.8) is 0 Å². The number of rotatable bonds is 15. The Kier molecular flexibility index (Phi) is 18.7. The van der Waals surface area contributed by atoms with Gasteiger partial charge < -0.3 is 10.2 Å². The third kappa shape index (κ3) is 18.4. The molecule has 6 heteroatoms. The molecule has 0 saturated carbocycles. The number of nitrogens with two attached hydrogens (primary N) is 1. The first kappa shape index (κ1) is 27.1. The monoisotopic (exact) mass is 381 g/mol. The molecule has 3 N–H and O–H groups in total. The standard InChI is InChI=1S/C16H36N.C3H9NO3S/c1-5-9-13-17(14-10-6-2,15-11-7-3)16-12-8-4;4-2-1-3-8(5,6)7/h5-16H2,1-4H3;1-4H2,(H,5,6,7)/q+1;. The molecule has 0 saturated heterocycles. The van der Waals surface area contributed by atoms with Crippen LogP contribution in [0.2, 0.25) is 0 Å². The quantitative estimate of drug-likeness (QED) is 0.329. The summed E-state index contributed by atoms with van der Waals surface area (Å²) in [7, 11) is -3.77. The average molecular weight is 382 g/mol. The van der Waals surface area contributed by atoms with Gasteiger partial charge in [-0.1, -0.05) is 53.4 Å². The van der Waals surface area contributed by atoms with E-state index in [-0.39, 0.29) is 5.75 Å². The van der Waals surface area contributed by atoms with E-state index in [1.165, 1.54) is 82.0 Å². The Hall–Kier alpha value is -0.170. The normalized spacial score (nSPS) is 11.9. The maximum Gasteiger partial charge on any atom is 0.264 e. The van der Waals surface area contributed by atoms with Gasteiger partial charge in [-0.15, -0.1) is 0 Å². The van der Waals surface area contributed by atoms with Crippen LogP contribution >= 0.6 is 0 Å². The van der Waals surface area contributed by atoms with Gasteiger partial charge in [-0.25, -0.2) is 0 Å². The fourth-order valence-corrected chi connectivity index (χ4v) is 3.44. The van der Waals surface area contributed by atoms with Crippen molar-refractivity contribution in [1.29, 1.82) is 0 Å². The largest absolute Gasteiger partial charge is 0.330 e. The SMILES string of the molecule is CCCC[N+](CCCC)(CCCC)CCCC.NCCCS(=O)(=O)O. The molecule has 0 atom stereocenters. The summed E-state index contributed by atoms with van der Waals surface area (Å²) in [4.78, 5) is 0. The molecule has 0 amide bonds. The van der Waals surface area contributed by atoms with Gasteiger partial charge in [0.25, 0.3) is 10.1 Å². The fraction of sp³-hybridized carbons (Fsp3) is 1.00. The molecule has 0 aromatic carbocycles. The molecular formula is C19H45N2O3S+. The van der Waals surface area contributed by atoms with Crippen LogP contribution < -0.4 is 5.73 Å². The molecule has 0 spiro atoms. The molecule has 5 nitrogen and oxygen atoms in total. The highest BCUT2D eigenvalue weighted by molar-refractivity contribution is 7.85. The average Bonchev–Trinajstić information content (AvgIpc) is 2.58. The summed E-state index contributed by atoms with van der Waals surface area (Å²) in [5.74, 6) is -0.233. The first-order valence-corrected chi connectivity index (χ1v) is 11.9. The Morgan fingerprint density at radius 1 is 0.720 bits per heavy atom. The van der Waals surface area contributed by atoms with Gasteiger partial charge in [0.15, 0.2) is 0 Å². The van der Waals surface area contributed by atoms with Crippen molar-refractivity contribution in [2.45, 2.75) is 85.5 Å². The van der Waals surface area contributed by atoms with Gasteiger partial charge in [0.1, 0.15) is 0 Å². The van der Waals surface area contributed by atoms with E-state index in [1.54, 1.807) is 0 Å². The second-order valence-electron chi connectivity index (χ2n) is 7.08. The van der Waals surface area contributed by atoms with Gasteiger partial charge in [-0.2, -0.15) is 8.42 Å². The summed E-state index contributed by atoms with van der Waals surface area (Å²) >= 11 is 0. The lowest BCUT2D eigenvalue weighted by molar-refractivity contribution is -0.929. The summed E-state index contributed by atoms with van der Waals surface area (Å²) in [6.45, 7) is 15.3. The second kappa shape index (κ2) is 17.3. The molecule has 0 fully saturated rings. The van der Waals surface area contributed by atoms with Gasteiger partial charge in [-0.05, 0) is 38.6 Å². The number of hydrogen-bond donors (Lipinski definition) is 2. The highest BCUT2D eigenvalue weighted by Gasteiger charge is 2.24. The molecule has 0 heterocycles. The summed E-state index contributed by atoms with van der Waals surface area (Å²) in [6.07, 6.45) is 11.4. The molecule has 0 aromatic rings. The molecule has 0 unspecified atom stereocenters. The smallest absolute Gasteiger partial charge is 0.264 e. The van der Waals surface area contributed by atoms with Crippen molar-refractivity contribution in [2.24, 2.45) is 5.73 Å². The van der Waals surface area contributed by atoms with Gasteiger partial charge in [0.05, 0.1) is 31.9 Å². The van der Waals surface area contributed by atoms with Crippen molar-refractivity contribution in [3.05, 3.63) is 0 Å². The number of quaternary nitrogens is 1. The number of hydrogen-bond acceptors (Lipinski definition) is 3. The van der Waals surface area contributed by atoms with E-state index in [1.807, 2.05) is 0 Å². The van der Waals surface area contributed by atoms with Crippen LogP contribution in [0, 0.1) is 0 Å². The number of nitrogens with zero attached hydrogens (tertiary/aromatic N) is 1. The molecule has 0 aromatic heterocycles. The highest BCUT2D eigenvalue weighted by atomic mass is 32.2. The summed E-state index contributed by atoms with van der Waals surface area (Å²) in [5, 5.41) is 0. The van der Waals surface area contributed by atoms with Crippen molar-refractivity contribution in [2.75, 3.05) is 38.5 Å². The minimum atomic E-state index is -3.77. The van der Waals surface area contributed by atoms with Crippen molar-refractivity contribution >= 4 is 10.1 Å². The van der Waals surface area contributed by atoms with Crippen LogP contribution in [-0.4, -0.2) is 55.9 Å². The zero-order chi connectivity index (χ0) is 19.6. The van der Waals surface area contributed by atoms with Crippen molar-refractivity contribution < 1.29 is 17.5 Å². The first-order chi connectivity index (χ1) is 11.8. The fourth-order valence-electron chi connectivity index (χ4n) is 2.91. The lowest BCUT2D eigenvalue weighted by Gasteiger charge is -2.39. The summed E-state index contributed by atoms with van der Waals surface area (Å²) in [6, 6.07) is 0. The lowest BCUT2D eigenvalue weighted by Crippen LogP contribution is -2.50. The molecule has 0 aliphatic heterocycles. The van der Waals surface area contributed by atoms with Gasteiger partial charge >= 0.3 is 0 Å². The van der Waals surface area contributed by atoms with Crippen LogP contribution in [0.3, 0.4) is 0 Å². The molecular weight excluding hydrogens is 336 g/mol. The Labute approximate surface area is 157 Å². The van der Waals surface area contributed by atoms with E-state index < -0.39 is 10.1 Å². The summed E-state index contributed by atoms with van der Waals surface area (Å²) in [5.41, 5.74) is 4.96. The molecule has 25 heavy (non-hydrogen) atoms. The van der Waals surface area contributed by atoms with Crippen LogP contribution in [0.5, 0.6) is 0 Å². The van der Waals surface area contributed by atoms with E-state index in [9.17, 15) is 8.42 Å². The van der Waals surface area contributed by atoms with Gasteiger partial charge in [0, 0.05) is 0 Å². The molecule has 0 aliphatic rings. The van der Waals surface area contributed by atoms with E-state index in [0.717, 1.165) is 0 Å². The predicted molar refractivity (Wildman–Crippen MR) is 109 cm³/mol. The van der Waals surface area contributed by atoms with E-state index in [0.29, 0.717) is 13.0 Å². The third-order valence-corrected chi connectivity index (χ3v) is 5.36. The topological polar surface area (TPSA) is 80.4 Å². The Morgan fingerprint density at radius 3 is 1.20 bits per heavy atom. The second-order valence-corrected chi connectivity index (χ2v) is 8.65. The maximum atomic E-state index is 9.89. The first-order valence-electron chi connectivity index (χ1n) is 10.3. The minimum Gasteiger partial charge on any atom is -0.330 e. The van der Waals surface area contributed by atoms with Crippen LogP contribution in [-0.2, 0) is 10.1 Å². The maximum absolute atomic E-state index is 9.89. The molecule has 0 aliphatic carbocycles. The van der Waals surface area contributed by atoms with Crippen molar-refractivity contribution in [3.8, 4) is 0 Å². The predicted octanol–water partition coefficient (Wildman–Crippen LogP) is 4.23. The van der Waals surface area contributed by atoms with Crippen LogP contribution in [0.1, 0.15) is 85.5 Å². The van der Waals surface area contributed by atoms with Gasteiger partial charge in [0.2, 0.25) is 0 Å². The Balaban J connectivity index is 0. The summed E-state index contributed by atoms with van der Waals surface area (Å²) < 4.78 is 29.3. The van der Waals surface area contributed by atoms with Crippen LogP contribution in [0.25, 0.3) is 0 Å². The number of unbranched alkanes of at least 4 members (excludes halogenated alkanes) is 4. The van der Waals surface area contributed by atoms with Crippen molar-refractivity contribution in [1.82, 2.24) is 0 Å². The zero-order valence-corrected chi connectivity index (χ0v) is 18.1. The zero-order valence-electron chi connectivity index (χ0n) is 17.3. The van der Waals surface area contributed by atoms with Crippen LogP contribution in [0.15, 0.2) is 0 Å². The van der Waals surface area contributed by atoms with Gasteiger partial charge in [-0.3, -0.25) is 4.55 Å². The van der Waals surface area contributed by atoms with E-state index >= 15 is 0 Å². The van der Waals surface area contributed by atoms with Crippen LogP contribution in [0.4, 0.5) is 0 Å². The molecule has 0 bridgehead atoms. The Morgan fingerprint density at radius 2 is 1.04 bits per heavy atom. The highest BCUT2D eigenvalue weighted by Crippen LogP contribution is 2.16. The Bertz CT molecular complexity index is 335. The molecule has 154 valence electrons. The van der Waals surface area contributed by atoms with E-state index in [2.05, 4.69) is 27.7 Å². The van der Waals surface area contributed by atoms with E-state index in [4.69, 9.17) is 10.3 Å². The molecule has 0 rings (SSSR count). The third-order valence-electron chi connectivity index (χ3n) is 4.55.